The third-order valence-electron chi connectivity index (χ3n) is 27.4. The van der Waals surface area contributed by atoms with Gasteiger partial charge in [-0.1, -0.05) is 285 Å². The molecule has 18 aromatic carbocycles. The lowest BCUT2D eigenvalue weighted by molar-refractivity contribution is 0.668. The summed E-state index contributed by atoms with van der Waals surface area (Å²) >= 11 is 0. The Morgan fingerprint density at radius 2 is 0.500 bits per heavy atom. The predicted molar refractivity (Wildman–Crippen MR) is 570 cm³/mol. The van der Waals surface area contributed by atoms with Crippen LogP contribution in [0.4, 0.5) is 0 Å². The second kappa shape index (κ2) is 32.6. The third kappa shape index (κ3) is 13.5. The summed E-state index contributed by atoms with van der Waals surface area (Å²) in [5.41, 5.74) is 38.7. The first kappa shape index (κ1) is 79.1. The fourth-order valence-electron chi connectivity index (χ4n) is 21.0. The van der Waals surface area contributed by atoms with Crippen LogP contribution in [-0.4, -0.2) is 47.8 Å². The van der Waals surface area contributed by atoms with Gasteiger partial charge in [0.1, 0.15) is 11.1 Å². The molecule has 0 saturated carbocycles. The van der Waals surface area contributed by atoms with Crippen LogP contribution in [0.5, 0.6) is 0 Å². The average molecular weight is 1760 g/mol. The molecule has 10 aromatic heterocycles. The SMILES string of the molecule is c1ccc(-c2cc(-c3ccc(-n4c5ccccc5c5ccc(-c6ccc7c(c6)c6ccccc6n7-c6ccc7c(c6)c6ncccc6n7-c6ccccc6)cc54)cc3)cc(-c3ccccc3)n2)cc1.c1ccc(-c2cc(-c3cccc(-n4c5ccccc5c5cc(-c6cccc(-c7ccc8c(c7)c7ccccc7n8-c7ccc8oc9cccnc9c8c7)c6)ccc54)c3)nc(-c3ccccc3)n2)cc1. The summed E-state index contributed by atoms with van der Waals surface area (Å²) in [6.07, 6.45) is 3.72. The first-order chi connectivity index (χ1) is 68.4. The van der Waals surface area contributed by atoms with Gasteiger partial charge in [0.05, 0.1) is 83.5 Å². The minimum Gasteiger partial charge on any atom is -0.454 e. The van der Waals surface area contributed by atoms with Gasteiger partial charge in [-0.15, -0.1) is 0 Å². The van der Waals surface area contributed by atoms with Crippen LogP contribution in [0.1, 0.15) is 0 Å². The summed E-state index contributed by atoms with van der Waals surface area (Å²) in [7, 11) is 0. The Bertz CT molecular complexity index is 9600. The number of furan rings is 1. The van der Waals surface area contributed by atoms with Crippen molar-refractivity contribution < 1.29 is 4.42 Å². The van der Waals surface area contributed by atoms with Crippen molar-refractivity contribution in [2.75, 3.05) is 0 Å². The zero-order valence-corrected chi connectivity index (χ0v) is 74.6. The normalized spacial score (nSPS) is 11.8. The molecule has 0 N–H and O–H groups in total. The minimum absolute atomic E-state index is 0.700. The zero-order valence-electron chi connectivity index (χ0n) is 74.6. The first-order valence-corrected chi connectivity index (χ1v) is 46.7. The van der Waals surface area contributed by atoms with Crippen LogP contribution in [-0.2, 0) is 0 Å². The van der Waals surface area contributed by atoms with E-state index in [1.165, 1.54) is 87.5 Å². The highest BCUT2D eigenvalue weighted by atomic mass is 16.3. The van der Waals surface area contributed by atoms with E-state index in [4.69, 9.17) is 24.4 Å². The minimum atomic E-state index is 0.700. The smallest absolute Gasteiger partial charge is 0.160 e. The molecule has 644 valence electrons. The van der Waals surface area contributed by atoms with Crippen molar-refractivity contribution >= 4 is 131 Å². The number of nitrogens with zero attached hydrogens (tertiary/aromatic N) is 10. The maximum absolute atomic E-state index is 6.13. The van der Waals surface area contributed by atoms with Crippen LogP contribution in [0.2, 0.25) is 0 Å². The molecule has 0 fully saturated rings. The molecule has 0 radical (unpaired) electrons. The molecule has 138 heavy (non-hydrogen) atoms. The predicted octanol–water partition coefficient (Wildman–Crippen LogP) is 32.7. The molecule has 0 saturated heterocycles. The van der Waals surface area contributed by atoms with E-state index in [1.54, 1.807) is 0 Å². The summed E-state index contributed by atoms with van der Waals surface area (Å²) in [5, 5.41) is 11.8. The molecule has 0 aliphatic heterocycles. The number of hydrogen-bond acceptors (Lipinski definition) is 6. The van der Waals surface area contributed by atoms with Crippen LogP contribution in [0.25, 0.3) is 261 Å². The highest BCUT2D eigenvalue weighted by Gasteiger charge is 2.24. The Kier molecular flexibility index (Phi) is 18.7. The van der Waals surface area contributed by atoms with Gasteiger partial charge in [-0.3, -0.25) is 9.97 Å². The van der Waals surface area contributed by atoms with Crippen LogP contribution >= 0.6 is 0 Å². The fourth-order valence-corrected chi connectivity index (χ4v) is 21.0. The van der Waals surface area contributed by atoms with E-state index in [1.807, 2.05) is 67.0 Å². The van der Waals surface area contributed by atoms with E-state index in [0.29, 0.717) is 5.82 Å². The average Bonchev–Trinajstić information content (AvgIpc) is 1.58. The maximum atomic E-state index is 6.13. The van der Waals surface area contributed by atoms with E-state index < -0.39 is 0 Å². The van der Waals surface area contributed by atoms with Crippen LogP contribution in [0.15, 0.2) is 490 Å². The van der Waals surface area contributed by atoms with Gasteiger partial charge in [-0.2, -0.15) is 0 Å². The van der Waals surface area contributed by atoms with E-state index in [2.05, 4.69) is 446 Å². The highest BCUT2D eigenvalue weighted by Crippen LogP contribution is 2.46. The van der Waals surface area contributed by atoms with Crippen molar-refractivity contribution in [1.29, 1.82) is 0 Å². The molecule has 0 amide bonds. The largest absolute Gasteiger partial charge is 0.454 e. The molecular formula is C127H80N10O. The molecule has 28 aromatic rings. The molecule has 0 atom stereocenters. The molecule has 11 heteroatoms. The van der Waals surface area contributed by atoms with Gasteiger partial charge < -0.3 is 27.3 Å². The monoisotopic (exact) mass is 1760 g/mol. The quantitative estimate of drug-likeness (QED) is 0.107. The van der Waals surface area contributed by atoms with Crippen molar-refractivity contribution in [3.05, 3.63) is 486 Å². The van der Waals surface area contributed by atoms with E-state index >= 15 is 0 Å². The number of pyridine rings is 3. The lowest BCUT2D eigenvalue weighted by Crippen LogP contribution is -1.97. The van der Waals surface area contributed by atoms with Gasteiger partial charge >= 0.3 is 0 Å². The second-order valence-corrected chi connectivity index (χ2v) is 35.4. The van der Waals surface area contributed by atoms with E-state index in [9.17, 15) is 0 Å². The number of rotatable bonds is 14. The summed E-state index contributed by atoms with van der Waals surface area (Å²) < 4.78 is 18.0. The van der Waals surface area contributed by atoms with Crippen LogP contribution in [0.3, 0.4) is 0 Å². The zero-order chi connectivity index (χ0) is 90.8. The molecule has 0 bridgehead atoms. The molecule has 0 aliphatic carbocycles. The Labute approximate surface area is 792 Å². The molecule has 0 aliphatic rings. The topological polar surface area (TPSA) is 102 Å². The van der Waals surface area contributed by atoms with Crippen molar-refractivity contribution in [3.8, 4) is 129 Å². The third-order valence-corrected chi connectivity index (χ3v) is 27.4. The molecule has 11 nitrogen and oxygen atoms in total. The Morgan fingerprint density at radius 3 is 1.06 bits per heavy atom. The maximum Gasteiger partial charge on any atom is 0.160 e. The van der Waals surface area contributed by atoms with Gasteiger partial charge in [0.2, 0.25) is 0 Å². The number of benzene rings is 18. The number of aromatic nitrogens is 10. The Morgan fingerprint density at radius 1 is 0.152 bits per heavy atom. The van der Waals surface area contributed by atoms with Crippen molar-refractivity contribution in [1.82, 2.24) is 47.8 Å². The lowest BCUT2D eigenvalue weighted by Gasteiger charge is -2.13. The van der Waals surface area contributed by atoms with Crippen molar-refractivity contribution in [2.45, 2.75) is 0 Å². The highest BCUT2D eigenvalue weighted by molar-refractivity contribution is 6.16. The van der Waals surface area contributed by atoms with Gasteiger partial charge in [-0.25, -0.2) is 15.0 Å². The van der Waals surface area contributed by atoms with Gasteiger partial charge in [0.25, 0.3) is 0 Å². The molecule has 28 rings (SSSR count). The van der Waals surface area contributed by atoms with E-state index in [0.717, 1.165) is 167 Å². The van der Waals surface area contributed by atoms with Crippen LogP contribution < -0.4 is 0 Å². The van der Waals surface area contributed by atoms with Crippen LogP contribution in [0, 0.1) is 0 Å². The summed E-state index contributed by atoms with van der Waals surface area (Å²) in [6, 6.07) is 169. The lowest BCUT2D eigenvalue weighted by atomic mass is 9.97. The number of fused-ring (bicyclic) bond motifs is 18. The number of hydrogen-bond donors (Lipinski definition) is 0. The Balaban J connectivity index is 0.000000139. The first-order valence-electron chi connectivity index (χ1n) is 46.7. The summed E-state index contributed by atoms with van der Waals surface area (Å²) in [5.74, 6) is 0.700. The summed E-state index contributed by atoms with van der Waals surface area (Å²) in [6.45, 7) is 0. The number of para-hydroxylation sites is 5. The second-order valence-electron chi connectivity index (χ2n) is 35.4. The molecular weight excluding hydrogens is 1680 g/mol. The van der Waals surface area contributed by atoms with Crippen molar-refractivity contribution in [3.63, 3.8) is 0 Å². The summed E-state index contributed by atoms with van der Waals surface area (Å²) in [4.78, 5) is 24.9. The van der Waals surface area contributed by atoms with Gasteiger partial charge in [0.15, 0.2) is 11.4 Å². The van der Waals surface area contributed by atoms with Gasteiger partial charge in [0, 0.05) is 123 Å². The van der Waals surface area contributed by atoms with Crippen molar-refractivity contribution in [2.24, 2.45) is 0 Å². The standard InChI is InChI=1S/C64H41N5.C63H39N5O/c1-4-15-43(16-5-1)56-38-47(39-57(66-56)44-17-6-2-7-18-44)42-26-30-49(31-27-42)68-58-23-12-10-21-51(58)53-33-28-46(40-63(53)68)45-29-34-60-54(37-45)52-22-11-13-24-59(52)69(60)50-32-35-61-55(41-50)64-62(25-14-36-65-64)67(61)48-19-8-3-9-20-48;1-3-14-40(15-4-1)54-39-55(66-63(65-54)41-16-5-2-6-17-41)46-20-12-21-47(35-46)67-56-24-9-7-22-49(56)51-36-44(27-30-58(51)67)42-18-11-19-43(34-42)45-28-31-59-52(37-45)50-23-8-10-25-57(50)68(59)48-29-32-60-53(38-48)62-61(69-60)26-13-33-64-62/h1-41H;1-39H. The fraction of sp³-hybridized carbons (Fsp3) is 0. The molecule has 0 unspecified atom stereocenters. The molecule has 0 spiro atoms. The van der Waals surface area contributed by atoms with E-state index in [-0.39, 0.29) is 0 Å². The van der Waals surface area contributed by atoms with Gasteiger partial charge in [-0.05, 0) is 233 Å². The Hall–Kier alpha value is -18.7. The molecule has 10 heterocycles.